The number of aromatic nitrogens is 3. The summed E-state index contributed by atoms with van der Waals surface area (Å²) in [5, 5.41) is 6.19. The van der Waals surface area contributed by atoms with Crippen molar-refractivity contribution in [1.82, 2.24) is 14.8 Å². The van der Waals surface area contributed by atoms with Gasteiger partial charge in [-0.3, -0.25) is 4.68 Å². The first-order chi connectivity index (χ1) is 8.41. The fraction of sp³-hybridized carbons (Fsp3) is 0.400. The van der Waals surface area contributed by atoms with Gasteiger partial charge in [-0.05, 0) is 6.92 Å². The first kappa shape index (κ1) is 13.4. The number of halogens is 4. The van der Waals surface area contributed by atoms with Crippen LogP contribution in [0.3, 0.4) is 0 Å². The molecule has 0 saturated heterocycles. The molecular weight excluding hydrogens is 287 g/mol. The quantitative estimate of drug-likeness (QED) is 0.808. The first-order valence-corrected chi connectivity index (χ1v) is 6.45. The van der Waals surface area contributed by atoms with Crippen molar-refractivity contribution in [2.75, 3.05) is 0 Å². The van der Waals surface area contributed by atoms with Gasteiger partial charge >= 0.3 is 6.18 Å². The van der Waals surface area contributed by atoms with Gasteiger partial charge in [-0.1, -0.05) is 0 Å². The Morgan fingerprint density at radius 2 is 2.22 bits per heavy atom. The zero-order valence-electron chi connectivity index (χ0n) is 9.28. The highest BCUT2D eigenvalue weighted by Crippen LogP contribution is 2.30. The molecule has 1 unspecified atom stereocenters. The van der Waals surface area contributed by atoms with Crippen LogP contribution < -0.4 is 0 Å². The lowest BCUT2D eigenvalue weighted by molar-refractivity contribution is -0.137. The topological polar surface area (TPSA) is 30.7 Å². The standard InChI is InChI=1S/C10H9ClF3N3S/c1-6(9-16-8(2-11)5-18-9)17-4-7(3-15-17)10(12,13)14/h3-6H,2H2,1H3. The summed E-state index contributed by atoms with van der Waals surface area (Å²) in [6, 6.07) is -0.344. The van der Waals surface area contributed by atoms with E-state index in [-0.39, 0.29) is 11.9 Å². The van der Waals surface area contributed by atoms with Gasteiger partial charge in [0.05, 0.1) is 23.3 Å². The van der Waals surface area contributed by atoms with Crippen LogP contribution in [0.2, 0.25) is 0 Å². The van der Waals surface area contributed by atoms with Crippen LogP contribution in [0.25, 0.3) is 0 Å². The average molecular weight is 296 g/mol. The van der Waals surface area contributed by atoms with Crippen LogP contribution in [-0.4, -0.2) is 14.8 Å². The lowest BCUT2D eigenvalue weighted by Gasteiger charge is -2.08. The number of rotatable bonds is 3. The molecule has 0 aromatic carbocycles. The molecule has 2 rings (SSSR count). The molecule has 0 fully saturated rings. The summed E-state index contributed by atoms with van der Waals surface area (Å²) in [6.45, 7) is 1.74. The van der Waals surface area contributed by atoms with Gasteiger partial charge < -0.3 is 0 Å². The molecule has 0 saturated carbocycles. The van der Waals surface area contributed by atoms with Crippen LogP contribution in [0.1, 0.15) is 29.2 Å². The third-order valence-electron chi connectivity index (χ3n) is 2.39. The Hall–Kier alpha value is -1.08. The van der Waals surface area contributed by atoms with Crippen molar-refractivity contribution in [3.05, 3.63) is 34.0 Å². The molecule has 0 aliphatic heterocycles. The molecule has 2 aromatic rings. The van der Waals surface area contributed by atoms with E-state index in [0.717, 1.165) is 12.4 Å². The summed E-state index contributed by atoms with van der Waals surface area (Å²) in [6.07, 6.45) is -2.58. The minimum absolute atomic E-state index is 0.288. The second kappa shape index (κ2) is 4.89. The number of thiazole rings is 1. The molecule has 2 aromatic heterocycles. The molecule has 0 N–H and O–H groups in total. The first-order valence-electron chi connectivity index (χ1n) is 5.03. The van der Waals surface area contributed by atoms with Gasteiger partial charge in [0.2, 0.25) is 0 Å². The van der Waals surface area contributed by atoms with Crippen molar-refractivity contribution in [2.45, 2.75) is 25.0 Å². The highest BCUT2D eigenvalue weighted by molar-refractivity contribution is 7.09. The van der Waals surface area contributed by atoms with E-state index in [9.17, 15) is 13.2 Å². The molecule has 2 heterocycles. The zero-order valence-corrected chi connectivity index (χ0v) is 10.9. The largest absolute Gasteiger partial charge is 0.419 e. The summed E-state index contributed by atoms with van der Waals surface area (Å²) in [5.41, 5.74) is -0.0461. The maximum Gasteiger partial charge on any atom is 0.419 e. The Kier molecular flexibility index (Phi) is 3.63. The summed E-state index contributed by atoms with van der Waals surface area (Å²) in [4.78, 5) is 4.22. The van der Waals surface area contributed by atoms with E-state index in [2.05, 4.69) is 10.1 Å². The Morgan fingerprint density at radius 1 is 1.50 bits per heavy atom. The van der Waals surface area contributed by atoms with E-state index >= 15 is 0 Å². The fourth-order valence-corrected chi connectivity index (χ4v) is 2.48. The molecule has 3 nitrogen and oxygen atoms in total. The molecule has 0 amide bonds. The van der Waals surface area contributed by atoms with E-state index in [1.54, 1.807) is 12.3 Å². The minimum Gasteiger partial charge on any atom is -0.262 e. The van der Waals surface area contributed by atoms with Crippen LogP contribution >= 0.6 is 22.9 Å². The van der Waals surface area contributed by atoms with Crippen LogP contribution in [0.5, 0.6) is 0 Å². The van der Waals surface area contributed by atoms with Gasteiger partial charge in [-0.15, -0.1) is 22.9 Å². The van der Waals surface area contributed by atoms with Crippen LogP contribution in [0, 0.1) is 0 Å². The summed E-state index contributed by atoms with van der Waals surface area (Å²) in [7, 11) is 0. The average Bonchev–Trinajstić information content (AvgIpc) is 2.96. The number of alkyl halides is 4. The highest BCUT2D eigenvalue weighted by atomic mass is 35.5. The molecule has 1 atom stereocenters. The lowest BCUT2D eigenvalue weighted by Crippen LogP contribution is -2.08. The van der Waals surface area contributed by atoms with E-state index < -0.39 is 11.7 Å². The molecule has 98 valence electrons. The summed E-state index contributed by atoms with van der Waals surface area (Å²) < 4.78 is 38.6. The minimum atomic E-state index is -4.37. The van der Waals surface area contributed by atoms with E-state index in [0.29, 0.717) is 10.7 Å². The molecule has 0 aliphatic rings. The maximum absolute atomic E-state index is 12.4. The maximum atomic E-state index is 12.4. The van der Waals surface area contributed by atoms with Crippen molar-refractivity contribution in [2.24, 2.45) is 0 Å². The van der Waals surface area contributed by atoms with Crippen LogP contribution in [-0.2, 0) is 12.1 Å². The molecule has 8 heteroatoms. The van der Waals surface area contributed by atoms with E-state index in [4.69, 9.17) is 11.6 Å². The zero-order chi connectivity index (χ0) is 13.3. The molecular formula is C10H9ClF3N3S. The molecule has 0 spiro atoms. The highest BCUT2D eigenvalue weighted by Gasteiger charge is 2.32. The summed E-state index contributed by atoms with van der Waals surface area (Å²) >= 11 is 6.98. The fourth-order valence-electron chi connectivity index (χ4n) is 1.39. The lowest BCUT2D eigenvalue weighted by atomic mass is 10.3. The van der Waals surface area contributed by atoms with Crippen molar-refractivity contribution >= 4 is 22.9 Å². The summed E-state index contributed by atoms with van der Waals surface area (Å²) in [5.74, 6) is 0.288. The molecule has 0 aliphatic carbocycles. The molecule has 18 heavy (non-hydrogen) atoms. The van der Waals surface area contributed by atoms with Crippen molar-refractivity contribution in [3.63, 3.8) is 0 Å². The van der Waals surface area contributed by atoms with Gasteiger partial charge in [0.25, 0.3) is 0 Å². The van der Waals surface area contributed by atoms with Gasteiger partial charge in [0.1, 0.15) is 11.0 Å². The van der Waals surface area contributed by atoms with Gasteiger partial charge in [-0.2, -0.15) is 18.3 Å². The second-order valence-corrected chi connectivity index (χ2v) is 4.85. The predicted octanol–water partition coefficient (Wildman–Crippen LogP) is 3.71. The molecule has 0 radical (unpaired) electrons. The number of hydrogen-bond acceptors (Lipinski definition) is 3. The van der Waals surface area contributed by atoms with Crippen molar-refractivity contribution < 1.29 is 13.2 Å². The second-order valence-electron chi connectivity index (χ2n) is 3.69. The number of hydrogen-bond donors (Lipinski definition) is 0. The smallest absolute Gasteiger partial charge is 0.262 e. The Morgan fingerprint density at radius 3 is 2.72 bits per heavy atom. The third-order valence-corrected chi connectivity index (χ3v) is 3.73. The number of nitrogens with zero attached hydrogens (tertiary/aromatic N) is 3. The van der Waals surface area contributed by atoms with E-state index in [1.807, 2.05) is 0 Å². The third kappa shape index (κ3) is 2.67. The van der Waals surface area contributed by atoms with Crippen LogP contribution in [0.4, 0.5) is 13.2 Å². The van der Waals surface area contributed by atoms with Crippen LogP contribution in [0.15, 0.2) is 17.8 Å². The van der Waals surface area contributed by atoms with Gasteiger partial charge in [0, 0.05) is 11.6 Å². The van der Waals surface area contributed by atoms with Gasteiger partial charge in [-0.25, -0.2) is 4.98 Å². The Labute approximate surface area is 110 Å². The van der Waals surface area contributed by atoms with Gasteiger partial charge in [0.15, 0.2) is 0 Å². The van der Waals surface area contributed by atoms with Crippen molar-refractivity contribution in [3.8, 4) is 0 Å². The van der Waals surface area contributed by atoms with Crippen molar-refractivity contribution in [1.29, 1.82) is 0 Å². The monoisotopic (exact) mass is 295 g/mol. The van der Waals surface area contributed by atoms with E-state index in [1.165, 1.54) is 16.0 Å². The normalized spacial score (nSPS) is 13.8. The SMILES string of the molecule is CC(c1nc(CCl)cs1)n1cc(C(F)(F)F)cn1. The molecule has 0 bridgehead atoms. The Balaban J connectivity index is 2.23. The predicted molar refractivity (Wildman–Crippen MR) is 62.7 cm³/mol. The Bertz CT molecular complexity index is 534.